The Balaban J connectivity index is 1.61. The summed E-state index contributed by atoms with van der Waals surface area (Å²) in [6.45, 7) is 6.19. The number of carboxylic acids is 1. The summed E-state index contributed by atoms with van der Waals surface area (Å²) in [4.78, 5) is 42.5. The Labute approximate surface area is 234 Å². The molecule has 0 radical (unpaired) electrons. The minimum Gasteiger partial charge on any atom is -0.479 e. The molecule has 2 N–H and O–H groups in total. The van der Waals surface area contributed by atoms with E-state index in [1.165, 1.54) is 31.2 Å². The molecular formula is C28H36N4O7S. The van der Waals surface area contributed by atoms with E-state index in [-0.39, 0.29) is 17.1 Å². The van der Waals surface area contributed by atoms with E-state index in [4.69, 9.17) is 4.74 Å². The van der Waals surface area contributed by atoms with E-state index in [0.29, 0.717) is 42.3 Å². The fourth-order valence-corrected chi connectivity index (χ4v) is 6.67. The quantitative estimate of drug-likeness (QED) is 0.487. The summed E-state index contributed by atoms with van der Waals surface area (Å²) in [5.74, 6) is -1.99. The molecule has 0 bridgehead atoms. The molecule has 216 valence electrons. The van der Waals surface area contributed by atoms with E-state index < -0.39 is 39.6 Å². The SMILES string of the molecule is Cc1ccc(S(=O)(=O)N(C(=O)[C@@H]2CCCN2)[C@@](C)(Cc2ccc(OC(=O)N3CCN(C)CC3)cc2)C(=O)O)cc1. The lowest BCUT2D eigenvalue weighted by atomic mass is 9.92. The number of ether oxygens (including phenoxy) is 1. The molecule has 2 aliphatic rings. The third-order valence-corrected chi connectivity index (χ3v) is 9.40. The average Bonchev–Trinajstić information content (AvgIpc) is 3.45. The number of carbonyl (C=O) groups excluding carboxylic acids is 2. The maximum absolute atomic E-state index is 13.9. The van der Waals surface area contributed by atoms with Crippen LogP contribution in [0.3, 0.4) is 0 Å². The number of benzene rings is 2. The Bertz CT molecular complexity index is 1330. The van der Waals surface area contributed by atoms with Crippen molar-refractivity contribution in [2.45, 2.75) is 49.6 Å². The van der Waals surface area contributed by atoms with Crippen molar-refractivity contribution >= 4 is 28.0 Å². The number of rotatable bonds is 8. The van der Waals surface area contributed by atoms with E-state index in [2.05, 4.69) is 10.2 Å². The number of nitrogens with zero attached hydrogens (tertiary/aromatic N) is 3. The number of hydrogen-bond acceptors (Lipinski definition) is 8. The summed E-state index contributed by atoms with van der Waals surface area (Å²) in [7, 11) is -2.55. The molecule has 2 saturated heterocycles. The van der Waals surface area contributed by atoms with Gasteiger partial charge in [0.05, 0.1) is 10.9 Å². The van der Waals surface area contributed by atoms with E-state index in [1.807, 2.05) is 7.05 Å². The summed E-state index contributed by atoms with van der Waals surface area (Å²) in [6, 6.07) is 11.3. The summed E-state index contributed by atoms with van der Waals surface area (Å²) in [5.41, 5.74) is -0.854. The molecule has 0 spiro atoms. The molecule has 12 heteroatoms. The van der Waals surface area contributed by atoms with Crippen molar-refractivity contribution in [3.63, 3.8) is 0 Å². The minimum absolute atomic E-state index is 0.164. The van der Waals surface area contributed by atoms with Crippen molar-refractivity contribution in [2.24, 2.45) is 0 Å². The number of likely N-dealkylation sites (N-methyl/N-ethyl adjacent to an activating group) is 1. The van der Waals surface area contributed by atoms with Crippen molar-refractivity contribution in [2.75, 3.05) is 39.8 Å². The molecule has 0 aromatic heterocycles. The van der Waals surface area contributed by atoms with Crippen LogP contribution in [-0.4, -0.2) is 97.0 Å². The summed E-state index contributed by atoms with van der Waals surface area (Å²) >= 11 is 0. The van der Waals surface area contributed by atoms with Crippen molar-refractivity contribution in [3.8, 4) is 5.75 Å². The smallest absolute Gasteiger partial charge is 0.415 e. The first kappa shape index (κ1) is 29.5. The lowest BCUT2D eigenvalue weighted by molar-refractivity contribution is -0.153. The van der Waals surface area contributed by atoms with Crippen LogP contribution in [0.2, 0.25) is 0 Å². The molecule has 0 aliphatic carbocycles. The largest absolute Gasteiger partial charge is 0.479 e. The number of aliphatic carboxylic acids is 1. The molecule has 2 fully saturated rings. The van der Waals surface area contributed by atoms with E-state index in [9.17, 15) is 27.9 Å². The maximum Gasteiger partial charge on any atom is 0.415 e. The highest BCUT2D eigenvalue weighted by Gasteiger charge is 2.51. The van der Waals surface area contributed by atoms with Gasteiger partial charge in [-0.3, -0.25) is 4.79 Å². The van der Waals surface area contributed by atoms with E-state index in [1.54, 1.807) is 36.1 Å². The van der Waals surface area contributed by atoms with Crippen LogP contribution in [0.4, 0.5) is 4.79 Å². The Morgan fingerprint density at radius 3 is 2.23 bits per heavy atom. The first-order valence-electron chi connectivity index (χ1n) is 13.3. The van der Waals surface area contributed by atoms with Crippen LogP contribution in [-0.2, 0) is 26.0 Å². The standard InChI is InChI=1S/C28H36N4O7S/c1-20-6-12-23(13-7-20)40(37,38)32(25(33)24-5-4-14-29-24)28(2,26(34)35)19-21-8-10-22(11-9-21)39-27(36)31-17-15-30(3)16-18-31/h6-13,24,29H,4-5,14-19H2,1-3H3,(H,34,35)/t24-,28-/m0/s1. The highest BCUT2D eigenvalue weighted by Crippen LogP contribution is 2.31. The molecule has 2 heterocycles. The predicted octanol–water partition coefficient (Wildman–Crippen LogP) is 2.10. The number of hydrogen-bond donors (Lipinski definition) is 2. The number of aryl methyl sites for hydroxylation is 1. The van der Waals surface area contributed by atoms with Crippen LogP contribution in [0, 0.1) is 6.92 Å². The molecule has 11 nitrogen and oxygen atoms in total. The van der Waals surface area contributed by atoms with Gasteiger partial charge in [-0.25, -0.2) is 22.3 Å². The third kappa shape index (κ3) is 6.29. The summed E-state index contributed by atoms with van der Waals surface area (Å²) in [5, 5.41) is 13.4. The highest BCUT2D eigenvalue weighted by atomic mass is 32.2. The molecule has 0 saturated carbocycles. The van der Waals surface area contributed by atoms with Gasteiger partial charge in [-0.1, -0.05) is 29.8 Å². The molecule has 4 rings (SSSR count). The Morgan fingerprint density at radius 2 is 1.68 bits per heavy atom. The maximum atomic E-state index is 13.9. The zero-order valence-electron chi connectivity index (χ0n) is 23.0. The molecule has 0 unspecified atom stereocenters. The number of piperazine rings is 1. The number of carboxylic acid groups (broad SMARTS) is 1. The van der Waals surface area contributed by atoms with Crippen molar-refractivity contribution < 1.29 is 32.6 Å². The normalized spacial score (nSPS) is 19.6. The van der Waals surface area contributed by atoms with Gasteiger partial charge in [-0.15, -0.1) is 0 Å². The van der Waals surface area contributed by atoms with Gasteiger partial charge in [-0.05, 0) is 70.1 Å². The highest BCUT2D eigenvalue weighted by molar-refractivity contribution is 7.89. The van der Waals surface area contributed by atoms with Crippen LogP contribution < -0.4 is 10.1 Å². The molecule has 2 atom stereocenters. The second kappa shape index (κ2) is 11.9. The fraction of sp³-hybridized carbons (Fsp3) is 0.464. The summed E-state index contributed by atoms with van der Waals surface area (Å²) in [6.07, 6.45) is 0.314. The van der Waals surface area contributed by atoms with Gasteiger partial charge in [0.1, 0.15) is 5.75 Å². The lowest BCUT2D eigenvalue weighted by Crippen LogP contribution is -2.61. The average molecular weight is 573 g/mol. The van der Waals surface area contributed by atoms with Crippen LogP contribution >= 0.6 is 0 Å². The number of amides is 2. The molecule has 2 aliphatic heterocycles. The van der Waals surface area contributed by atoms with Gasteiger partial charge in [0.2, 0.25) is 0 Å². The van der Waals surface area contributed by atoms with Crippen LogP contribution in [0.15, 0.2) is 53.4 Å². The minimum atomic E-state index is -4.53. The molecular weight excluding hydrogens is 536 g/mol. The van der Waals surface area contributed by atoms with E-state index in [0.717, 1.165) is 18.7 Å². The first-order valence-corrected chi connectivity index (χ1v) is 14.7. The zero-order valence-corrected chi connectivity index (χ0v) is 23.8. The number of sulfonamides is 1. The van der Waals surface area contributed by atoms with Crippen molar-refractivity contribution in [1.29, 1.82) is 0 Å². The number of carbonyl (C=O) groups is 3. The molecule has 2 amide bonds. The van der Waals surface area contributed by atoms with Crippen molar-refractivity contribution in [3.05, 3.63) is 59.7 Å². The van der Waals surface area contributed by atoms with Gasteiger partial charge >= 0.3 is 12.1 Å². The second-order valence-corrected chi connectivity index (χ2v) is 12.4. The molecule has 2 aromatic carbocycles. The van der Waals surface area contributed by atoms with Crippen LogP contribution in [0.5, 0.6) is 5.75 Å². The Morgan fingerprint density at radius 1 is 1.05 bits per heavy atom. The topological polar surface area (TPSA) is 137 Å². The van der Waals surface area contributed by atoms with Gasteiger partial charge in [0, 0.05) is 32.6 Å². The van der Waals surface area contributed by atoms with Gasteiger partial charge in [-0.2, -0.15) is 0 Å². The molecule has 40 heavy (non-hydrogen) atoms. The van der Waals surface area contributed by atoms with Gasteiger partial charge < -0.3 is 25.0 Å². The second-order valence-electron chi connectivity index (χ2n) is 10.6. The predicted molar refractivity (Wildman–Crippen MR) is 148 cm³/mol. The van der Waals surface area contributed by atoms with Gasteiger partial charge in [0.15, 0.2) is 5.54 Å². The fourth-order valence-electron chi connectivity index (χ4n) is 4.94. The lowest BCUT2D eigenvalue weighted by Gasteiger charge is -2.38. The zero-order chi connectivity index (χ0) is 29.1. The first-order chi connectivity index (χ1) is 18.9. The van der Waals surface area contributed by atoms with Crippen LogP contribution in [0.25, 0.3) is 0 Å². The van der Waals surface area contributed by atoms with Crippen LogP contribution in [0.1, 0.15) is 30.9 Å². The Hall–Kier alpha value is -3.48. The summed E-state index contributed by atoms with van der Waals surface area (Å²) < 4.78 is 33.8. The third-order valence-electron chi connectivity index (χ3n) is 7.47. The molecule has 2 aromatic rings. The van der Waals surface area contributed by atoms with Gasteiger partial charge in [0.25, 0.3) is 15.9 Å². The monoisotopic (exact) mass is 572 g/mol. The van der Waals surface area contributed by atoms with Crippen molar-refractivity contribution in [1.82, 2.24) is 19.4 Å². The number of nitrogens with one attached hydrogen (secondary N) is 1. The van der Waals surface area contributed by atoms with E-state index >= 15 is 0 Å². The Kier molecular flexibility index (Phi) is 8.81.